The normalized spacial score (nSPS) is 25.5. The van der Waals surface area contributed by atoms with Crippen LogP contribution < -0.4 is 5.32 Å². The van der Waals surface area contributed by atoms with Gasteiger partial charge in [0.25, 0.3) is 0 Å². The van der Waals surface area contributed by atoms with Crippen LogP contribution in [0, 0.1) is 0 Å². The molecule has 1 amide bonds. The molecule has 1 N–H and O–H groups in total. The van der Waals surface area contributed by atoms with Crippen molar-refractivity contribution in [1.82, 2.24) is 9.62 Å². The lowest BCUT2D eigenvalue weighted by molar-refractivity contribution is -0.121. The number of carbonyl (C=O) groups is 1. The highest BCUT2D eigenvalue weighted by Gasteiger charge is 2.30. The van der Waals surface area contributed by atoms with Gasteiger partial charge in [0.2, 0.25) is 15.9 Å². The summed E-state index contributed by atoms with van der Waals surface area (Å²) >= 11 is 0. The molecule has 1 atom stereocenters. The molecule has 2 aliphatic rings. The van der Waals surface area contributed by atoms with E-state index in [1.54, 1.807) is 0 Å². The smallest absolute Gasteiger partial charge is 0.221 e. The van der Waals surface area contributed by atoms with Crippen molar-refractivity contribution in [3.63, 3.8) is 0 Å². The van der Waals surface area contributed by atoms with E-state index in [2.05, 4.69) is 5.32 Å². The zero-order chi connectivity index (χ0) is 17.8. The van der Waals surface area contributed by atoms with Crippen LogP contribution in [0.3, 0.4) is 0 Å². The molecule has 0 aromatic rings. The minimum absolute atomic E-state index is 0.0167. The first kappa shape index (κ1) is 19.7. The van der Waals surface area contributed by atoms with Crippen molar-refractivity contribution in [2.75, 3.05) is 24.3 Å². The van der Waals surface area contributed by atoms with Gasteiger partial charge in [0.15, 0.2) is 9.84 Å². The maximum Gasteiger partial charge on any atom is 0.221 e. The highest BCUT2D eigenvalue weighted by atomic mass is 32.2. The third-order valence-electron chi connectivity index (χ3n) is 4.81. The molecule has 1 aliphatic heterocycles. The highest BCUT2D eigenvalue weighted by molar-refractivity contribution is 7.91. The van der Waals surface area contributed by atoms with Crippen molar-refractivity contribution >= 4 is 25.8 Å². The number of carbonyl (C=O) groups excluding carboxylic acids is 1. The molecule has 140 valence electrons. The van der Waals surface area contributed by atoms with Crippen molar-refractivity contribution in [3.8, 4) is 0 Å². The maximum atomic E-state index is 12.1. The van der Waals surface area contributed by atoms with Gasteiger partial charge in [0.1, 0.15) is 0 Å². The second-order valence-corrected chi connectivity index (χ2v) is 11.1. The predicted molar refractivity (Wildman–Crippen MR) is 92.9 cm³/mol. The molecule has 0 radical (unpaired) electrons. The topological polar surface area (TPSA) is 101 Å². The number of sulfone groups is 1. The third-order valence-corrected chi connectivity index (χ3v) is 7.92. The molecule has 1 unspecified atom stereocenters. The van der Waals surface area contributed by atoms with E-state index >= 15 is 0 Å². The van der Waals surface area contributed by atoms with Crippen LogP contribution >= 0.6 is 0 Å². The van der Waals surface area contributed by atoms with Crippen molar-refractivity contribution in [3.05, 3.63) is 0 Å². The summed E-state index contributed by atoms with van der Waals surface area (Å²) in [5.41, 5.74) is 0. The van der Waals surface area contributed by atoms with E-state index in [9.17, 15) is 21.6 Å². The summed E-state index contributed by atoms with van der Waals surface area (Å²) in [6, 6.07) is -0.366. The first-order chi connectivity index (χ1) is 11.2. The summed E-state index contributed by atoms with van der Waals surface area (Å²) in [4.78, 5) is 12.1. The molecule has 1 heterocycles. The van der Waals surface area contributed by atoms with Gasteiger partial charge in [-0.05, 0) is 19.3 Å². The molecule has 0 bridgehead atoms. The minimum Gasteiger partial charge on any atom is -0.352 e. The summed E-state index contributed by atoms with van der Waals surface area (Å²) in [7, 11) is -6.40. The molecule has 0 aromatic carbocycles. The lowest BCUT2D eigenvalue weighted by atomic mass is 10.1. The van der Waals surface area contributed by atoms with Crippen molar-refractivity contribution in [1.29, 1.82) is 0 Å². The number of hydrogen-bond acceptors (Lipinski definition) is 5. The molecule has 24 heavy (non-hydrogen) atoms. The Morgan fingerprint density at radius 2 is 1.75 bits per heavy atom. The molecule has 1 saturated carbocycles. The second kappa shape index (κ2) is 8.14. The molecule has 2 fully saturated rings. The largest absolute Gasteiger partial charge is 0.352 e. The van der Waals surface area contributed by atoms with Crippen LogP contribution in [0.2, 0.25) is 0 Å². The number of nitrogens with one attached hydrogen (secondary N) is 1. The minimum atomic E-state index is -3.36. The molecule has 9 heteroatoms. The van der Waals surface area contributed by atoms with Gasteiger partial charge in [-0.25, -0.2) is 16.8 Å². The summed E-state index contributed by atoms with van der Waals surface area (Å²) in [6.45, 7) is 0.162. The van der Waals surface area contributed by atoms with Crippen LogP contribution in [0.4, 0.5) is 0 Å². The lowest BCUT2D eigenvalue weighted by Gasteiger charge is -2.28. The van der Waals surface area contributed by atoms with Crippen LogP contribution in [-0.2, 0) is 24.7 Å². The second-order valence-electron chi connectivity index (χ2n) is 6.94. The van der Waals surface area contributed by atoms with E-state index in [4.69, 9.17) is 0 Å². The van der Waals surface area contributed by atoms with Gasteiger partial charge in [0.05, 0.1) is 17.8 Å². The van der Waals surface area contributed by atoms with Crippen LogP contribution in [0.25, 0.3) is 0 Å². The van der Waals surface area contributed by atoms with Gasteiger partial charge >= 0.3 is 0 Å². The number of hydrogen-bond donors (Lipinski definition) is 1. The van der Waals surface area contributed by atoms with Gasteiger partial charge in [-0.1, -0.05) is 25.7 Å². The number of sulfonamides is 1. The summed E-state index contributed by atoms with van der Waals surface area (Å²) in [5.74, 6) is -0.188. The van der Waals surface area contributed by atoms with E-state index in [-0.39, 0.29) is 42.5 Å². The van der Waals surface area contributed by atoms with Crippen LogP contribution in [0.1, 0.15) is 51.4 Å². The molecule has 7 nitrogen and oxygen atoms in total. The summed E-state index contributed by atoms with van der Waals surface area (Å²) in [6.07, 6.45) is 7.68. The Bertz CT molecular complexity index is 637. The summed E-state index contributed by atoms with van der Waals surface area (Å²) in [5, 5.41) is 2.72. The van der Waals surface area contributed by atoms with Gasteiger partial charge in [-0.3, -0.25) is 4.79 Å². The Labute approximate surface area is 145 Å². The molecular formula is C15H28N2O5S2. The number of amides is 1. The van der Waals surface area contributed by atoms with Crippen molar-refractivity contribution in [2.24, 2.45) is 0 Å². The van der Waals surface area contributed by atoms with Crippen LogP contribution in [0.15, 0.2) is 0 Å². The average Bonchev–Trinajstić information content (AvgIpc) is 2.65. The fourth-order valence-corrected chi connectivity index (χ4v) is 6.43. The van der Waals surface area contributed by atoms with Gasteiger partial charge in [0, 0.05) is 25.0 Å². The van der Waals surface area contributed by atoms with E-state index in [1.807, 2.05) is 0 Å². The van der Waals surface area contributed by atoms with Crippen LogP contribution in [0.5, 0.6) is 0 Å². The Morgan fingerprint density at radius 3 is 2.25 bits per heavy atom. The molecule has 0 aromatic heterocycles. The number of nitrogens with zero attached hydrogens (tertiary/aromatic N) is 1. The van der Waals surface area contributed by atoms with Crippen molar-refractivity contribution < 1.29 is 21.6 Å². The SMILES string of the molecule is CS(=O)(=O)N(CCC(=O)NC1CCS(=O)(=O)C1)C1CCCCCC1. The average molecular weight is 381 g/mol. The van der Waals surface area contributed by atoms with Gasteiger partial charge < -0.3 is 5.32 Å². The van der Waals surface area contributed by atoms with Gasteiger partial charge in [-0.2, -0.15) is 4.31 Å². The molecular weight excluding hydrogens is 352 g/mol. The highest BCUT2D eigenvalue weighted by Crippen LogP contribution is 2.24. The zero-order valence-electron chi connectivity index (χ0n) is 14.2. The van der Waals surface area contributed by atoms with E-state index in [0.717, 1.165) is 38.5 Å². The standard InChI is InChI=1S/C15H28N2O5S2/c1-23(19,20)17(14-6-4-2-3-5-7-14)10-8-15(18)16-13-9-11-24(21,22)12-13/h13-14H,2-12H2,1H3,(H,16,18). The Balaban J connectivity index is 1.89. The first-order valence-electron chi connectivity index (χ1n) is 8.64. The lowest BCUT2D eigenvalue weighted by Crippen LogP contribution is -2.43. The Hall–Kier alpha value is -0.670. The molecule has 1 aliphatic carbocycles. The fourth-order valence-electron chi connectivity index (χ4n) is 3.59. The summed E-state index contributed by atoms with van der Waals surface area (Å²) < 4.78 is 48.5. The van der Waals surface area contributed by atoms with Crippen molar-refractivity contribution in [2.45, 2.75) is 63.5 Å². The fraction of sp³-hybridized carbons (Fsp3) is 0.933. The maximum absolute atomic E-state index is 12.1. The predicted octanol–water partition coefficient (Wildman–Crippen LogP) is 0.664. The number of rotatable bonds is 6. The van der Waals surface area contributed by atoms with E-state index in [1.165, 1.54) is 10.6 Å². The quantitative estimate of drug-likeness (QED) is 0.683. The van der Waals surface area contributed by atoms with E-state index < -0.39 is 19.9 Å². The van der Waals surface area contributed by atoms with Crippen LogP contribution in [-0.4, -0.2) is 63.4 Å². The molecule has 1 saturated heterocycles. The van der Waals surface area contributed by atoms with E-state index in [0.29, 0.717) is 6.42 Å². The monoisotopic (exact) mass is 380 g/mol. The Kier molecular flexibility index (Phi) is 6.66. The third kappa shape index (κ3) is 6.00. The molecule has 0 spiro atoms. The Morgan fingerprint density at radius 1 is 1.12 bits per heavy atom. The van der Waals surface area contributed by atoms with Gasteiger partial charge in [-0.15, -0.1) is 0 Å². The first-order valence-corrected chi connectivity index (χ1v) is 12.3. The zero-order valence-corrected chi connectivity index (χ0v) is 15.9. The molecule has 2 rings (SSSR count).